The van der Waals surface area contributed by atoms with Crippen LogP contribution in [-0.2, 0) is 6.18 Å². The second kappa shape index (κ2) is 7.68. The van der Waals surface area contributed by atoms with Gasteiger partial charge in [0.25, 0.3) is 5.91 Å². The third-order valence-corrected chi connectivity index (χ3v) is 7.16. The molecule has 3 amide bonds. The van der Waals surface area contributed by atoms with Gasteiger partial charge in [-0.05, 0) is 44.0 Å². The van der Waals surface area contributed by atoms with Gasteiger partial charge >= 0.3 is 12.2 Å². The molecule has 3 heterocycles. The van der Waals surface area contributed by atoms with Crippen LogP contribution >= 0.6 is 11.3 Å². The van der Waals surface area contributed by atoms with Gasteiger partial charge in [-0.3, -0.25) is 4.79 Å². The molecule has 1 saturated heterocycles. The van der Waals surface area contributed by atoms with E-state index in [1.807, 2.05) is 13.0 Å². The summed E-state index contributed by atoms with van der Waals surface area (Å²) in [4.78, 5) is 36.4. The average Bonchev–Trinajstić information content (AvgIpc) is 3.08. The third kappa shape index (κ3) is 4.12. The normalized spacial score (nSPS) is 17.5. The van der Waals surface area contributed by atoms with Crippen LogP contribution in [0.3, 0.4) is 0 Å². The van der Waals surface area contributed by atoms with E-state index in [0.717, 1.165) is 27.2 Å². The van der Waals surface area contributed by atoms with Gasteiger partial charge in [-0.2, -0.15) is 13.2 Å². The number of carbonyl (C=O) groups excluding carboxylic acids is 2. The maximum Gasteiger partial charge on any atom is 0.416 e. The van der Waals surface area contributed by atoms with Crippen LogP contribution in [0.25, 0.3) is 10.2 Å². The molecule has 0 atom stereocenters. The molecule has 1 aromatic carbocycles. The van der Waals surface area contributed by atoms with Gasteiger partial charge in [0, 0.05) is 35.1 Å². The van der Waals surface area contributed by atoms with E-state index in [0.29, 0.717) is 31.6 Å². The number of nitrogens with zero attached hydrogens (tertiary/aromatic N) is 3. The Morgan fingerprint density at radius 3 is 2.67 bits per heavy atom. The first-order chi connectivity index (χ1) is 15.6. The SMILES string of the molecule is Cc1cc2ncnc(C(=O)N3CC4(CC(NC(=O)Nc5cccc(C(F)(F)F)c5)C4)C3)c2s1. The molecule has 11 heteroatoms. The summed E-state index contributed by atoms with van der Waals surface area (Å²) < 4.78 is 39.3. The van der Waals surface area contributed by atoms with Crippen LogP contribution in [-0.4, -0.2) is 45.9 Å². The summed E-state index contributed by atoms with van der Waals surface area (Å²) >= 11 is 1.50. The summed E-state index contributed by atoms with van der Waals surface area (Å²) in [5.74, 6) is -0.117. The summed E-state index contributed by atoms with van der Waals surface area (Å²) in [5, 5.41) is 5.25. The summed E-state index contributed by atoms with van der Waals surface area (Å²) in [6.07, 6.45) is -1.64. The van der Waals surface area contributed by atoms with Crippen molar-refractivity contribution < 1.29 is 22.8 Å². The minimum absolute atomic E-state index is 0.0265. The van der Waals surface area contributed by atoms with Crippen molar-refractivity contribution in [3.63, 3.8) is 0 Å². The predicted molar refractivity (Wildman–Crippen MR) is 117 cm³/mol. The van der Waals surface area contributed by atoms with Crippen molar-refractivity contribution in [1.29, 1.82) is 0 Å². The van der Waals surface area contributed by atoms with Gasteiger partial charge in [0.15, 0.2) is 0 Å². The molecular formula is C22H20F3N5O2S. The van der Waals surface area contributed by atoms with Gasteiger partial charge in [0.2, 0.25) is 0 Å². The molecule has 5 rings (SSSR count). The fourth-order valence-corrected chi connectivity index (χ4v) is 5.60. The van der Waals surface area contributed by atoms with Gasteiger partial charge in [-0.15, -0.1) is 11.3 Å². The molecule has 3 aromatic rings. The number of halogens is 3. The lowest BCUT2D eigenvalue weighted by Gasteiger charge is -2.58. The Bertz CT molecular complexity index is 1240. The summed E-state index contributed by atoms with van der Waals surface area (Å²) in [5.41, 5.74) is 0.423. The molecule has 0 unspecified atom stereocenters. The highest BCUT2D eigenvalue weighted by Gasteiger charge is 2.54. The number of benzene rings is 1. The number of likely N-dealkylation sites (tertiary alicyclic amines) is 1. The molecule has 7 nitrogen and oxygen atoms in total. The second-order valence-electron chi connectivity index (χ2n) is 8.74. The van der Waals surface area contributed by atoms with E-state index in [9.17, 15) is 22.8 Å². The Morgan fingerprint density at radius 2 is 1.94 bits per heavy atom. The highest BCUT2D eigenvalue weighted by Crippen LogP contribution is 2.49. The zero-order chi connectivity index (χ0) is 23.4. The van der Waals surface area contributed by atoms with Crippen LogP contribution < -0.4 is 10.6 Å². The number of aromatic nitrogens is 2. The van der Waals surface area contributed by atoms with E-state index in [-0.39, 0.29) is 23.1 Å². The van der Waals surface area contributed by atoms with Crippen LogP contribution in [0.15, 0.2) is 36.7 Å². The highest BCUT2D eigenvalue weighted by molar-refractivity contribution is 7.19. The van der Waals surface area contributed by atoms with Gasteiger partial charge < -0.3 is 15.5 Å². The van der Waals surface area contributed by atoms with Crippen LogP contribution in [0.5, 0.6) is 0 Å². The molecule has 2 aliphatic rings. The summed E-state index contributed by atoms with van der Waals surface area (Å²) in [6.45, 7) is 3.15. The van der Waals surface area contributed by atoms with E-state index < -0.39 is 17.8 Å². The molecule has 2 fully saturated rings. The van der Waals surface area contributed by atoms with Crippen LogP contribution in [0.1, 0.15) is 33.8 Å². The molecular weight excluding hydrogens is 455 g/mol. The standard InChI is InChI=1S/C22H20F3N5O2S/c1-12-5-16-18(33-12)17(27-11-26-16)19(31)30-9-21(10-30)7-15(8-21)29-20(32)28-14-4-2-3-13(6-14)22(23,24)25/h2-6,11,15H,7-10H2,1H3,(H2,28,29,32). The maximum atomic E-state index is 12.9. The zero-order valence-corrected chi connectivity index (χ0v) is 18.4. The first-order valence-corrected chi connectivity index (χ1v) is 11.2. The van der Waals surface area contributed by atoms with E-state index in [1.54, 1.807) is 4.90 Å². The number of carbonyl (C=O) groups is 2. The molecule has 1 spiro atoms. The number of rotatable bonds is 3. The van der Waals surface area contributed by atoms with Crippen LogP contribution in [0.4, 0.5) is 23.7 Å². The molecule has 0 bridgehead atoms. The molecule has 2 aromatic heterocycles. The van der Waals surface area contributed by atoms with Crippen LogP contribution in [0, 0.1) is 12.3 Å². The number of anilines is 1. The topological polar surface area (TPSA) is 87.2 Å². The number of aryl methyl sites for hydroxylation is 1. The molecule has 0 radical (unpaired) electrons. The van der Waals surface area contributed by atoms with Crippen molar-refractivity contribution in [3.8, 4) is 0 Å². The smallest absolute Gasteiger partial charge is 0.336 e. The lowest BCUT2D eigenvalue weighted by atomic mass is 9.60. The number of urea groups is 1. The summed E-state index contributed by atoms with van der Waals surface area (Å²) in [6, 6.07) is 5.82. The molecule has 33 heavy (non-hydrogen) atoms. The Hall–Kier alpha value is -3.21. The van der Waals surface area contributed by atoms with Crippen molar-refractivity contribution >= 4 is 39.2 Å². The molecule has 1 saturated carbocycles. The predicted octanol–water partition coefficient (Wildman–Crippen LogP) is 4.44. The highest BCUT2D eigenvalue weighted by atomic mass is 32.1. The number of nitrogens with one attached hydrogen (secondary N) is 2. The van der Waals surface area contributed by atoms with Crippen molar-refractivity contribution in [3.05, 3.63) is 52.8 Å². The molecule has 1 aliphatic heterocycles. The van der Waals surface area contributed by atoms with Crippen LogP contribution in [0.2, 0.25) is 0 Å². The number of fused-ring (bicyclic) bond motifs is 1. The van der Waals surface area contributed by atoms with E-state index in [4.69, 9.17) is 0 Å². The van der Waals surface area contributed by atoms with Gasteiger partial charge in [-0.1, -0.05) is 6.07 Å². The quantitative estimate of drug-likeness (QED) is 0.586. The maximum absolute atomic E-state index is 12.9. The first kappa shape index (κ1) is 21.6. The second-order valence-corrected chi connectivity index (χ2v) is 9.99. The van der Waals surface area contributed by atoms with Gasteiger partial charge in [-0.25, -0.2) is 14.8 Å². The van der Waals surface area contributed by atoms with Crippen molar-refractivity contribution in [1.82, 2.24) is 20.2 Å². The van der Waals surface area contributed by atoms with Gasteiger partial charge in [0.05, 0.1) is 15.8 Å². The Morgan fingerprint density at radius 1 is 1.18 bits per heavy atom. The number of thiophene rings is 1. The Balaban J connectivity index is 1.13. The molecule has 1 aliphatic carbocycles. The average molecular weight is 475 g/mol. The minimum atomic E-state index is -4.47. The minimum Gasteiger partial charge on any atom is -0.336 e. The summed E-state index contributed by atoms with van der Waals surface area (Å²) in [7, 11) is 0. The number of hydrogen-bond acceptors (Lipinski definition) is 5. The van der Waals surface area contributed by atoms with Crippen molar-refractivity contribution in [2.45, 2.75) is 32.0 Å². The van der Waals surface area contributed by atoms with Gasteiger partial charge in [0.1, 0.15) is 12.0 Å². The van der Waals surface area contributed by atoms with E-state index in [1.165, 1.54) is 29.8 Å². The van der Waals surface area contributed by atoms with E-state index in [2.05, 4.69) is 20.6 Å². The molecule has 2 N–H and O–H groups in total. The zero-order valence-electron chi connectivity index (χ0n) is 17.6. The fourth-order valence-electron chi connectivity index (χ4n) is 4.65. The Labute approximate surface area is 191 Å². The monoisotopic (exact) mass is 475 g/mol. The number of alkyl halides is 3. The lowest BCUT2D eigenvalue weighted by molar-refractivity contribution is -0.137. The molecule has 172 valence electrons. The third-order valence-electron chi connectivity index (χ3n) is 6.12. The number of hydrogen-bond donors (Lipinski definition) is 2. The van der Waals surface area contributed by atoms with E-state index >= 15 is 0 Å². The number of amides is 3. The fraction of sp³-hybridized carbons (Fsp3) is 0.364. The van der Waals surface area contributed by atoms with Crippen molar-refractivity contribution in [2.24, 2.45) is 5.41 Å². The Kier molecular flexibility index (Phi) is 5.04. The lowest BCUT2D eigenvalue weighted by Crippen LogP contribution is -2.67. The first-order valence-electron chi connectivity index (χ1n) is 10.4. The largest absolute Gasteiger partial charge is 0.416 e. The van der Waals surface area contributed by atoms with Crippen molar-refractivity contribution in [2.75, 3.05) is 18.4 Å².